The van der Waals surface area contributed by atoms with Crippen LogP contribution < -0.4 is 0 Å². The first kappa shape index (κ1) is 14.0. The SMILES string of the molecule is COC(=O)CCN(C)C(=O)Cn1cnc2ccccc21. The lowest BCUT2D eigenvalue weighted by atomic mass is 10.3. The molecule has 6 heteroatoms. The molecule has 1 amide bonds. The van der Waals surface area contributed by atoms with Crippen molar-refractivity contribution in [3.05, 3.63) is 30.6 Å². The van der Waals surface area contributed by atoms with Crippen LogP contribution in [0, 0.1) is 0 Å². The fraction of sp³-hybridized carbons (Fsp3) is 0.357. The quantitative estimate of drug-likeness (QED) is 0.765. The summed E-state index contributed by atoms with van der Waals surface area (Å²) in [7, 11) is 3.01. The van der Waals surface area contributed by atoms with Crippen molar-refractivity contribution in [1.29, 1.82) is 0 Å². The first-order valence-corrected chi connectivity index (χ1v) is 6.32. The molecular weight excluding hydrogens is 258 g/mol. The third-order valence-electron chi connectivity index (χ3n) is 3.14. The summed E-state index contributed by atoms with van der Waals surface area (Å²) in [6, 6.07) is 7.64. The summed E-state index contributed by atoms with van der Waals surface area (Å²) >= 11 is 0. The summed E-state index contributed by atoms with van der Waals surface area (Å²) < 4.78 is 6.35. The van der Waals surface area contributed by atoms with Crippen molar-refractivity contribution in [3.8, 4) is 0 Å². The van der Waals surface area contributed by atoms with Gasteiger partial charge in [0.25, 0.3) is 0 Å². The molecule has 0 saturated heterocycles. The summed E-state index contributed by atoms with van der Waals surface area (Å²) in [4.78, 5) is 28.9. The monoisotopic (exact) mass is 275 g/mol. The van der Waals surface area contributed by atoms with Gasteiger partial charge in [0.1, 0.15) is 6.54 Å². The van der Waals surface area contributed by atoms with Crippen LogP contribution in [0.4, 0.5) is 0 Å². The van der Waals surface area contributed by atoms with Crippen LogP contribution in [-0.2, 0) is 20.9 Å². The highest BCUT2D eigenvalue weighted by Crippen LogP contribution is 2.11. The highest BCUT2D eigenvalue weighted by molar-refractivity contribution is 5.80. The number of hydrogen-bond acceptors (Lipinski definition) is 4. The van der Waals surface area contributed by atoms with Gasteiger partial charge in [-0.2, -0.15) is 0 Å². The molecule has 0 aliphatic rings. The van der Waals surface area contributed by atoms with Crippen LogP contribution in [0.15, 0.2) is 30.6 Å². The molecule has 106 valence electrons. The standard InChI is InChI=1S/C14H17N3O3/c1-16(8-7-14(19)20-2)13(18)9-17-10-15-11-5-3-4-6-12(11)17/h3-6,10H,7-9H2,1-2H3. The molecule has 6 nitrogen and oxygen atoms in total. The lowest BCUT2D eigenvalue weighted by Crippen LogP contribution is -2.32. The Balaban J connectivity index is 1.99. The van der Waals surface area contributed by atoms with Crippen molar-refractivity contribution in [1.82, 2.24) is 14.5 Å². The molecule has 0 bridgehead atoms. The number of carbonyl (C=O) groups excluding carboxylic acids is 2. The van der Waals surface area contributed by atoms with Gasteiger partial charge in [0, 0.05) is 13.6 Å². The third kappa shape index (κ3) is 3.14. The molecule has 2 aromatic rings. The van der Waals surface area contributed by atoms with Crippen LogP contribution in [0.5, 0.6) is 0 Å². The van der Waals surface area contributed by atoms with Crippen LogP contribution >= 0.6 is 0 Å². The van der Waals surface area contributed by atoms with E-state index in [1.165, 1.54) is 12.0 Å². The van der Waals surface area contributed by atoms with E-state index >= 15 is 0 Å². The third-order valence-corrected chi connectivity index (χ3v) is 3.14. The van der Waals surface area contributed by atoms with Crippen LogP contribution in [0.1, 0.15) is 6.42 Å². The second-order valence-corrected chi connectivity index (χ2v) is 4.50. The molecule has 0 unspecified atom stereocenters. The molecule has 0 aliphatic heterocycles. The first-order valence-electron chi connectivity index (χ1n) is 6.32. The second-order valence-electron chi connectivity index (χ2n) is 4.50. The lowest BCUT2D eigenvalue weighted by Gasteiger charge is -2.16. The number of para-hydroxylation sites is 2. The highest BCUT2D eigenvalue weighted by atomic mass is 16.5. The maximum Gasteiger partial charge on any atom is 0.307 e. The lowest BCUT2D eigenvalue weighted by molar-refractivity contribution is -0.141. The van der Waals surface area contributed by atoms with Gasteiger partial charge in [-0.05, 0) is 12.1 Å². The Morgan fingerprint density at radius 2 is 2.10 bits per heavy atom. The minimum absolute atomic E-state index is 0.0722. The highest BCUT2D eigenvalue weighted by Gasteiger charge is 2.12. The van der Waals surface area contributed by atoms with Crippen molar-refractivity contribution in [2.75, 3.05) is 20.7 Å². The van der Waals surface area contributed by atoms with Gasteiger partial charge in [-0.15, -0.1) is 0 Å². The number of benzene rings is 1. The predicted octanol–water partition coefficient (Wildman–Crippen LogP) is 1.06. The van der Waals surface area contributed by atoms with Crippen molar-refractivity contribution in [2.24, 2.45) is 0 Å². The molecule has 1 aromatic carbocycles. The van der Waals surface area contributed by atoms with E-state index in [4.69, 9.17) is 0 Å². The number of imidazole rings is 1. The number of likely N-dealkylation sites (N-methyl/N-ethyl adjacent to an activating group) is 1. The average molecular weight is 275 g/mol. The average Bonchev–Trinajstić information content (AvgIpc) is 2.87. The van der Waals surface area contributed by atoms with Crippen LogP contribution in [-0.4, -0.2) is 47.0 Å². The molecule has 0 fully saturated rings. The van der Waals surface area contributed by atoms with Gasteiger partial charge in [-0.3, -0.25) is 9.59 Å². The Labute approximate surface area is 117 Å². The van der Waals surface area contributed by atoms with E-state index in [1.807, 2.05) is 24.3 Å². The van der Waals surface area contributed by atoms with E-state index < -0.39 is 0 Å². The normalized spacial score (nSPS) is 10.5. The zero-order valence-electron chi connectivity index (χ0n) is 11.6. The molecule has 2 rings (SSSR count). The molecule has 0 saturated carbocycles. The number of ether oxygens (including phenoxy) is 1. The maximum absolute atomic E-state index is 12.1. The number of esters is 1. The molecule has 1 heterocycles. The first-order chi connectivity index (χ1) is 9.61. The molecule has 1 aromatic heterocycles. The zero-order valence-corrected chi connectivity index (χ0v) is 11.6. The maximum atomic E-state index is 12.1. The fourth-order valence-corrected chi connectivity index (χ4v) is 1.89. The molecule has 20 heavy (non-hydrogen) atoms. The van der Waals surface area contributed by atoms with Crippen LogP contribution in [0.2, 0.25) is 0 Å². The van der Waals surface area contributed by atoms with E-state index in [0.29, 0.717) is 6.54 Å². The number of methoxy groups -OCH3 is 1. The van der Waals surface area contributed by atoms with Gasteiger partial charge in [0.15, 0.2) is 0 Å². The van der Waals surface area contributed by atoms with Crippen LogP contribution in [0.3, 0.4) is 0 Å². The number of rotatable bonds is 5. The van der Waals surface area contributed by atoms with E-state index in [0.717, 1.165) is 11.0 Å². The Morgan fingerprint density at radius 3 is 2.85 bits per heavy atom. The topological polar surface area (TPSA) is 64.4 Å². The molecule has 0 spiro atoms. The smallest absolute Gasteiger partial charge is 0.307 e. The van der Waals surface area contributed by atoms with Gasteiger partial charge in [0.2, 0.25) is 5.91 Å². The Morgan fingerprint density at radius 1 is 1.35 bits per heavy atom. The number of fused-ring (bicyclic) bond motifs is 1. The van der Waals surface area contributed by atoms with Crippen molar-refractivity contribution < 1.29 is 14.3 Å². The number of nitrogens with zero attached hydrogens (tertiary/aromatic N) is 3. The number of amides is 1. The molecule has 0 aliphatic carbocycles. The summed E-state index contributed by atoms with van der Waals surface area (Å²) in [5.74, 6) is -0.394. The van der Waals surface area contributed by atoms with Gasteiger partial charge in [-0.1, -0.05) is 12.1 Å². The van der Waals surface area contributed by atoms with E-state index in [2.05, 4.69) is 9.72 Å². The van der Waals surface area contributed by atoms with Crippen LogP contribution in [0.25, 0.3) is 11.0 Å². The summed E-state index contributed by atoms with van der Waals surface area (Å²) in [5.41, 5.74) is 1.78. The summed E-state index contributed by atoms with van der Waals surface area (Å²) in [6.45, 7) is 0.552. The van der Waals surface area contributed by atoms with Gasteiger partial charge in [-0.25, -0.2) is 4.98 Å². The van der Waals surface area contributed by atoms with Crippen molar-refractivity contribution >= 4 is 22.9 Å². The van der Waals surface area contributed by atoms with Crippen molar-refractivity contribution in [3.63, 3.8) is 0 Å². The predicted molar refractivity (Wildman–Crippen MR) is 74.0 cm³/mol. The molecular formula is C14H17N3O3. The Bertz CT molecular complexity index is 621. The van der Waals surface area contributed by atoms with Crippen molar-refractivity contribution in [2.45, 2.75) is 13.0 Å². The number of aromatic nitrogens is 2. The van der Waals surface area contributed by atoms with Gasteiger partial charge >= 0.3 is 5.97 Å². The second kappa shape index (κ2) is 6.18. The Hall–Kier alpha value is -2.37. The van der Waals surface area contributed by atoms with E-state index in [-0.39, 0.29) is 24.8 Å². The van der Waals surface area contributed by atoms with E-state index in [9.17, 15) is 9.59 Å². The minimum Gasteiger partial charge on any atom is -0.469 e. The summed E-state index contributed by atoms with van der Waals surface area (Å²) in [6.07, 6.45) is 1.85. The minimum atomic E-state index is -0.322. The molecule has 0 atom stereocenters. The Kier molecular flexibility index (Phi) is 4.34. The van der Waals surface area contributed by atoms with E-state index in [1.54, 1.807) is 17.9 Å². The number of carbonyl (C=O) groups is 2. The van der Waals surface area contributed by atoms with Gasteiger partial charge < -0.3 is 14.2 Å². The molecule has 0 radical (unpaired) electrons. The zero-order chi connectivity index (χ0) is 14.5. The van der Waals surface area contributed by atoms with Gasteiger partial charge in [0.05, 0.1) is 30.9 Å². The summed E-state index contributed by atoms with van der Waals surface area (Å²) in [5, 5.41) is 0. The largest absolute Gasteiger partial charge is 0.469 e. The fourth-order valence-electron chi connectivity index (χ4n) is 1.89. The molecule has 0 N–H and O–H groups in total. The number of hydrogen-bond donors (Lipinski definition) is 0.